The van der Waals surface area contributed by atoms with Crippen LogP contribution < -0.4 is 5.32 Å². The van der Waals surface area contributed by atoms with Crippen molar-refractivity contribution in [3.05, 3.63) is 35.4 Å². The van der Waals surface area contributed by atoms with Gasteiger partial charge in [-0.2, -0.15) is 22.0 Å². The quantitative estimate of drug-likeness (QED) is 0.176. The number of alkyl halides is 5. The number of nitrogens with one attached hydrogen (secondary N) is 1. The molecular formula is C36H50F5NO4. The molecule has 0 spiro atoms. The molecule has 8 atom stereocenters. The van der Waals surface area contributed by atoms with E-state index in [0.29, 0.717) is 54.5 Å². The third-order valence-electron chi connectivity index (χ3n) is 12.4. The summed E-state index contributed by atoms with van der Waals surface area (Å²) in [5.74, 6) is -2.94. The van der Waals surface area contributed by atoms with Gasteiger partial charge in [0.05, 0.1) is 12.2 Å². The highest BCUT2D eigenvalue weighted by Gasteiger charge is 2.63. The zero-order valence-corrected chi connectivity index (χ0v) is 27.1. The Hall–Kier alpha value is -2.07. The van der Waals surface area contributed by atoms with Crippen LogP contribution in [0.15, 0.2) is 24.3 Å². The zero-order chi connectivity index (χ0) is 33.3. The summed E-state index contributed by atoms with van der Waals surface area (Å²) in [6.45, 7) is 5.09. The van der Waals surface area contributed by atoms with Crippen molar-refractivity contribution in [2.24, 2.45) is 34.5 Å². The van der Waals surface area contributed by atoms with Gasteiger partial charge >= 0.3 is 12.1 Å². The first-order valence-electron chi connectivity index (χ1n) is 17.3. The van der Waals surface area contributed by atoms with Gasteiger partial charge in [-0.25, -0.2) is 0 Å². The van der Waals surface area contributed by atoms with Crippen LogP contribution >= 0.6 is 0 Å². The van der Waals surface area contributed by atoms with Gasteiger partial charge in [-0.05, 0) is 116 Å². The molecule has 0 bridgehead atoms. The van der Waals surface area contributed by atoms with Gasteiger partial charge < -0.3 is 15.2 Å². The first kappa shape index (κ1) is 35.2. The lowest BCUT2D eigenvalue weighted by molar-refractivity contribution is -0.284. The standard InChI is InChI=1S/C36H50F5NO4/c1-33-18-16-26(43)21-25(33)12-13-27-28-14-15-30(44)34(28,2)22-29(31(27)33)46-20-5-3-4-7-23-8-10-24(11-9-23)32(45)42-19-6-17-35(37,38)36(39,40)41/h8-11,25,27-31,44H,3-7,12-22H2,1-2H3,(H,42,45)/t25-,27-,28-,29-,30-,31+,33-,34-/m0/s1. The number of fused-ring (bicyclic) bond motifs is 5. The minimum atomic E-state index is -5.59. The minimum Gasteiger partial charge on any atom is -0.393 e. The van der Waals surface area contributed by atoms with Gasteiger partial charge in [0.2, 0.25) is 0 Å². The molecule has 0 saturated heterocycles. The molecule has 5 nitrogen and oxygen atoms in total. The summed E-state index contributed by atoms with van der Waals surface area (Å²) in [4.78, 5) is 24.6. The van der Waals surface area contributed by atoms with Crippen LogP contribution in [0.1, 0.15) is 113 Å². The van der Waals surface area contributed by atoms with Crippen LogP contribution in [0.2, 0.25) is 0 Å². The second kappa shape index (κ2) is 13.8. The maximum absolute atomic E-state index is 13.0. The predicted octanol–water partition coefficient (Wildman–Crippen LogP) is 8.07. The first-order chi connectivity index (χ1) is 21.7. The predicted molar refractivity (Wildman–Crippen MR) is 164 cm³/mol. The molecule has 1 aromatic rings. The lowest BCUT2D eigenvalue weighted by Gasteiger charge is -2.62. The highest BCUT2D eigenvalue weighted by molar-refractivity contribution is 5.94. The van der Waals surface area contributed by atoms with Crippen LogP contribution in [0.5, 0.6) is 0 Å². The van der Waals surface area contributed by atoms with E-state index in [4.69, 9.17) is 4.74 Å². The molecule has 4 saturated carbocycles. The Balaban J connectivity index is 1.07. The van der Waals surface area contributed by atoms with Crippen molar-refractivity contribution in [2.75, 3.05) is 13.2 Å². The van der Waals surface area contributed by atoms with E-state index < -0.39 is 30.8 Å². The lowest BCUT2D eigenvalue weighted by Crippen LogP contribution is -2.60. The number of unbranched alkanes of at least 4 members (excludes halogenated alkanes) is 2. The Labute approximate surface area is 269 Å². The van der Waals surface area contributed by atoms with Crippen LogP contribution in [-0.4, -0.2) is 54.3 Å². The third kappa shape index (κ3) is 7.18. The van der Waals surface area contributed by atoms with E-state index in [-0.39, 0.29) is 29.6 Å². The molecule has 5 rings (SSSR count). The van der Waals surface area contributed by atoms with E-state index in [0.717, 1.165) is 69.8 Å². The van der Waals surface area contributed by atoms with Crippen molar-refractivity contribution in [3.63, 3.8) is 0 Å². The Morgan fingerprint density at radius 3 is 2.43 bits per heavy atom. The van der Waals surface area contributed by atoms with E-state index in [9.17, 15) is 36.6 Å². The van der Waals surface area contributed by atoms with Crippen LogP contribution in [-0.2, 0) is 16.0 Å². The second-order valence-corrected chi connectivity index (χ2v) is 15.1. The maximum atomic E-state index is 13.0. The largest absolute Gasteiger partial charge is 0.453 e. The number of ether oxygens (including phenoxy) is 1. The summed E-state index contributed by atoms with van der Waals surface area (Å²) in [5.41, 5.74) is 1.39. The van der Waals surface area contributed by atoms with Gasteiger partial charge in [0.1, 0.15) is 5.78 Å². The summed E-state index contributed by atoms with van der Waals surface area (Å²) < 4.78 is 69.6. The van der Waals surface area contributed by atoms with Gasteiger partial charge in [-0.1, -0.05) is 32.4 Å². The molecule has 1 amide bonds. The molecule has 1 aromatic carbocycles. The first-order valence-corrected chi connectivity index (χ1v) is 17.3. The van der Waals surface area contributed by atoms with Crippen molar-refractivity contribution in [1.29, 1.82) is 0 Å². The van der Waals surface area contributed by atoms with Gasteiger partial charge in [0.15, 0.2) is 0 Å². The summed E-state index contributed by atoms with van der Waals surface area (Å²) in [6, 6.07) is 6.95. The normalized spacial score (nSPS) is 34.5. The Bertz CT molecular complexity index is 1220. The summed E-state index contributed by atoms with van der Waals surface area (Å²) in [6.07, 6.45) is 3.45. The molecule has 0 radical (unpaired) electrons. The molecule has 0 unspecified atom stereocenters. The molecule has 10 heteroatoms. The molecule has 0 aliphatic heterocycles. The lowest BCUT2D eigenvalue weighted by atomic mass is 9.44. The van der Waals surface area contributed by atoms with Crippen LogP contribution in [0.3, 0.4) is 0 Å². The smallest absolute Gasteiger partial charge is 0.393 e. The van der Waals surface area contributed by atoms with E-state index in [1.165, 1.54) is 0 Å². The van der Waals surface area contributed by atoms with Crippen molar-refractivity contribution in [2.45, 2.75) is 128 Å². The molecule has 2 N–H and O–H groups in total. The van der Waals surface area contributed by atoms with Crippen molar-refractivity contribution >= 4 is 11.7 Å². The molecule has 0 heterocycles. The zero-order valence-electron chi connectivity index (χ0n) is 27.1. The van der Waals surface area contributed by atoms with Gasteiger partial charge in [-0.15, -0.1) is 0 Å². The number of carbonyl (C=O) groups is 2. The monoisotopic (exact) mass is 655 g/mol. The van der Waals surface area contributed by atoms with Crippen LogP contribution in [0.4, 0.5) is 22.0 Å². The van der Waals surface area contributed by atoms with E-state index in [1.54, 1.807) is 12.1 Å². The Morgan fingerprint density at radius 2 is 1.72 bits per heavy atom. The number of rotatable bonds is 12. The van der Waals surface area contributed by atoms with Crippen molar-refractivity contribution in [3.8, 4) is 0 Å². The number of benzene rings is 1. The van der Waals surface area contributed by atoms with E-state index in [1.807, 2.05) is 12.1 Å². The fraction of sp³-hybridized carbons (Fsp3) is 0.778. The van der Waals surface area contributed by atoms with Crippen LogP contribution in [0.25, 0.3) is 0 Å². The summed E-state index contributed by atoms with van der Waals surface area (Å²) in [5, 5.41) is 13.4. The van der Waals surface area contributed by atoms with E-state index in [2.05, 4.69) is 19.2 Å². The molecule has 258 valence electrons. The Kier molecular flexibility index (Phi) is 10.6. The number of ketones is 1. The van der Waals surface area contributed by atoms with Gasteiger partial charge in [0.25, 0.3) is 5.91 Å². The second-order valence-electron chi connectivity index (χ2n) is 15.1. The molecule has 46 heavy (non-hydrogen) atoms. The number of carbonyl (C=O) groups excluding carboxylic acids is 2. The Morgan fingerprint density at radius 1 is 0.978 bits per heavy atom. The SMILES string of the molecule is C[C@]12CCC(=O)C[C@@H]1CC[C@@H]1[C@@H]2[C@@H](OCCCCCc2ccc(C(=O)NCCCC(F)(F)C(F)(F)F)cc2)C[C@]2(C)[C@@H](O)CC[C@@H]12. The molecule has 4 aliphatic rings. The molecular weight excluding hydrogens is 605 g/mol. The number of halogens is 5. The van der Waals surface area contributed by atoms with Gasteiger partial charge in [-0.3, -0.25) is 9.59 Å². The number of aliphatic hydroxyl groups excluding tert-OH is 1. The average Bonchev–Trinajstić information content (AvgIpc) is 3.30. The van der Waals surface area contributed by atoms with Crippen LogP contribution in [0, 0.1) is 34.5 Å². The topological polar surface area (TPSA) is 75.6 Å². The molecule has 4 aliphatic carbocycles. The fourth-order valence-corrected chi connectivity index (χ4v) is 9.69. The minimum absolute atomic E-state index is 0.0971. The highest BCUT2D eigenvalue weighted by Crippen LogP contribution is 2.66. The van der Waals surface area contributed by atoms with Crippen molar-refractivity contribution < 1.29 is 41.4 Å². The van der Waals surface area contributed by atoms with Crippen molar-refractivity contribution in [1.82, 2.24) is 5.32 Å². The number of amides is 1. The fourth-order valence-electron chi connectivity index (χ4n) is 9.69. The number of Topliss-reactive ketones (excluding diaryl/α,β-unsaturated/α-hetero) is 1. The molecule has 4 fully saturated rings. The van der Waals surface area contributed by atoms with Gasteiger partial charge in [0, 0.05) is 38.0 Å². The highest BCUT2D eigenvalue weighted by atomic mass is 19.4. The third-order valence-corrected chi connectivity index (χ3v) is 12.4. The summed E-state index contributed by atoms with van der Waals surface area (Å²) in [7, 11) is 0. The number of hydrogen-bond donors (Lipinski definition) is 2. The number of hydrogen-bond acceptors (Lipinski definition) is 4. The maximum Gasteiger partial charge on any atom is 0.453 e. The summed E-state index contributed by atoms with van der Waals surface area (Å²) >= 11 is 0. The van der Waals surface area contributed by atoms with E-state index >= 15 is 0 Å². The average molecular weight is 656 g/mol. The number of aliphatic hydroxyl groups is 1. The molecule has 0 aromatic heterocycles. The number of aryl methyl sites for hydroxylation is 1.